The Labute approximate surface area is 172 Å². The molecule has 2 aromatic carbocycles. The van der Waals surface area contributed by atoms with E-state index in [1.54, 1.807) is 0 Å². The van der Waals surface area contributed by atoms with Crippen molar-refractivity contribution in [2.24, 2.45) is 5.92 Å². The van der Waals surface area contributed by atoms with Crippen molar-refractivity contribution in [3.8, 4) is 0 Å². The maximum absolute atomic E-state index is 13.2. The van der Waals surface area contributed by atoms with Gasteiger partial charge in [-0.15, -0.1) is 0 Å². The molecule has 1 saturated carbocycles. The van der Waals surface area contributed by atoms with Gasteiger partial charge in [0.25, 0.3) is 5.91 Å². The number of para-hydroxylation sites is 2. The maximum atomic E-state index is 13.2. The van der Waals surface area contributed by atoms with Crippen molar-refractivity contribution in [1.82, 2.24) is 0 Å². The molecule has 1 aliphatic heterocycles. The molecule has 2 aliphatic rings. The molecule has 1 heterocycles. The third-order valence-corrected chi connectivity index (χ3v) is 6.08. The van der Waals surface area contributed by atoms with Gasteiger partial charge in [0.15, 0.2) is 0 Å². The smallest absolute Gasteiger partial charge is 0.258 e. The summed E-state index contributed by atoms with van der Waals surface area (Å²) in [6.07, 6.45) is 6.38. The summed E-state index contributed by atoms with van der Waals surface area (Å²) in [6, 6.07) is 15.4. The highest BCUT2D eigenvalue weighted by Gasteiger charge is 2.24. The molecule has 0 unspecified atom stereocenters. The van der Waals surface area contributed by atoms with E-state index in [2.05, 4.69) is 23.3 Å². The van der Waals surface area contributed by atoms with Gasteiger partial charge in [-0.05, 0) is 55.7 Å². The van der Waals surface area contributed by atoms with Gasteiger partial charge in [-0.25, -0.2) is 0 Å². The number of hydrogen-bond acceptors (Lipinski definition) is 3. The summed E-state index contributed by atoms with van der Waals surface area (Å²) in [5.41, 5.74) is 3.43. The normalized spacial score (nSPS) is 17.4. The molecule has 4 rings (SSSR count). The number of nitrogens with zero attached hydrogens (tertiary/aromatic N) is 2. The first-order chi connectivity index (χ1) is 14.1. The zero-order chi connectivity index (χ0) is 20.2. The number of carbonyl (C=O) groups excluding carboxylic acids is 2. The van der Waals surface area contributed by atoms with Crippen molar-refractivity contribution in [1.29, 1.82) is 0 Å². The van der Waals surface area contributed by atoms with Crippen molar-refractivity contribution < 1.29 is 9.59 Å². The fourth-order valence-electron chi connectivity index (χ4n) is 4.39. The average molecular weight is 392 g/mol. The number of anilines is 3. The summed E-state index contributed by atoms with van der Waals surface area (Å²) in [5.74, 6) is 0.224. The zero-order valence-electron chi connectivity index (χ0n) is 17.1. The molecule has 0 spiro atoms. The first-order valence-electron chi connectivity index (χ1n) is 10.7. The number of hydrogen-bond donors (Lipinski definition) is 1. The molecule has 0 saturated heterocycles. The molecular formula is C24H29N3O2. The molecular weight excluding hydrogens is 362 g/mol. The van der Waals surface area contributed by atoms with E-state index in [0.29, 0.717) is 12.1 Å². The second kappa shape index (κ2) is 8.68. The van der Waals surface area contributed by atoms with Gasteiger partial charge in [-0.2, -0.15) is 0 Å². The van der Waals surface area contributed by atoms with Crippen LogP contribution in [0.15, 0.2) is 48.5 Å². The van der Waals surface area contributed by atoms with Crippen molar-refractivity contribution >= 4 is 28.9 Å². The number of benzene rings is 2. The molecule has 5 heteroatoms. The van der Waals surface area contributed by atoms with E-state index < -0.39 is 0 Å². The Balaban J connectivity index is 1.48. The van der Waals surface area contributed by atoms with E-state index in [1.165, 1.54) is 6.42 Å². The number of carbonyl (C=O) groups is 2. The van der Waals surface area contributed by atoms with E-state index in [0.717, 1.165) is 55.7 Å². The quantitative estimate of drug-likeness (QED) is 0.826. The maximum Gasteiger partial charge on any atom is 0.258 e. The Morgan fingerprint density at radius 1 is 0.862 bits per heavy atom. The van der Waals surface area contributed by atoms with E-state index in [-0.39, 0.29) is 17.7 Å². The Bertz CT molecular complexity index is 872. The Morgan fingerprint density at radius 3 is 2.28 bits per heavy atom. The largest absolute Gasteiger partial charge is 0.373 e. The fraction of sp³-hybridized carbons (Fsp3) is 0.417. The number of rotatable bonds is 3. The van der Waals surface area contributed by atoms with Crippen molar-refractivity contribution in [3.63, 3.8) is 0 Å². The molecule has 0 aromatic heterocycles. The van der Waals surface area contributed by atoms with Gasteiger partial charge >= 0.3 is 0 Å². The van der Waals surface area contributed by atoms with Crippen LogP contribution in [0.2, 0.25) is 0 Å². The minimum absolute atomic E-state index is 0.00194. The van der Waals surface area contributed by atoms with E-state index in [4.69, 9.17) is 0 Å². The lowest BCUT2D eigenvalue weighted by atomic mass is 9.88. The third kappa shape index (κ3) is 4.29. The second-order valence-corrected chi connectivity index (χ2v) is 8.12. The summed E-state index contributed by atoms with van der Waals surface area (Å²) >= 11 is 0. The Morgan fingerprint density at radius 2 is 1.55 bits per heavy atom. The Hall–Kier alpha value is -2.82. The predicted octanol–water partition coefficient (Wildman–Crippen LogP) is 4.69. The van der Waals surface area contributed by atoms with Crippen LogP contribution in [0.3, 0.4) is 0 Å². The molecule has 152 valence electrons. The van der Waals surface area contributed by atoms with Crippen molar-refractivity contribution in [2.75, 3.05) is 35.3 Å². The lowest BCUT2D eigenvalue weighted by Gasteiger charge is -2.24. The van der Waals surface area contributed by atoms with Gasteiger partial charge in [0.05, 0.1) is 11.4 Å². The first-order valence-corrected chi connectivity index (χ1v) is 10.7. The highest BCUT2D eigenvalue weighted by atomic mass is 16.2. The fourth-order valence-corrected chi connectivity index (χ4v) is 4.39. The summed E-state index contributed by atoms with van der Waals surface area (Å²) in [7, 11) is 2.07. The topological polar surface area (TPSA) is 52.6 Å². The second-order valence-electron chi connectivity index (χ2n) is 8.12. The molecule has 5 nitrogen and oxygen atoms in total. The van der Waals surface area contributed by atoms with Crippen molar-refractivity contribution in [3.05, 3.63) is 54.1 Å². The molecule has 0 bridgehead atoms. The number of nitrogens with one attached hydrogen (secondary N) is 1. The van der Waals surface area contributed by atoms with Crippen LogP contribution in [0, 0.1) is 5.92 Å². The Kier molecular flexibility index (Phi) is 5.84. The number of fused-ring (bicyclic) bond motifs is 1. The minimum Gasteiger partial charge on any atom is -0.373 e. The molecule has 2 aromatic rings. The molecule has 1 aliphatic carbocycles. The van der Waals surface area contributed by atoms with Crippen LogP contribution in [-0.2, 0) is 4.79 Å². The predicted molar refractivity (Wildman–Crippen MR) is 118 cm³/mol. The SMILES string of the molecule is CN1CCCN(C(=O)c2ccc(NC(=O)C3CCCCC3)cc2)c2ccccc21. The van der Waals surface area contributed by atoms with Gasteiger partial charge in [0.1, 0.15) is 0 Å². The molecule has 1 N–H and O–H groups in total. The van der Waals surface area contributed by atoms with Crippen LogP contribution in [-0.4, -0.2) is 32.0 Å². The van der Waals surface area contributed by atoms with Crippen LogP contribution in [0.25, 0.3) is 0 Å². The highest BCUT2D eigenvalue weighted by Crippen LogP contribution is 2.32. The van der Waals surface area contributed by atoms with Gasteiger partial charge in [0, 0.05) is 37.3 Å². The van der Waals surface area contributed by atoms with Gasteiger partial charge in [0.2, 0.25) is 5.91 Å². The zero-order valence-corrected chi connectivity index (χ0v) is 17.1. The summed E-state index contributed by atoms with van der Waals surface area (Å²) in [4.78, 5) is 29.7. The van der Waals surface area contributed by atoms with Gasteiger partial charge < -0.3 is 15.1 Å². The summed E-state index contributed by atoms with van der Waals surface area (Å²) < 4.78 is 0. The molecule has 1 fully saturated rings. The van der Waals surface area contributed by atoms with E-state index in [9.17, 15) is 9.59 Å². The highest BCUT2D eigenvalue weighted by molar-refractivity contribution is 6.08. The van der Waals surface area contributed by atoms with E-state index in [1.807, 2.05) is 47.4 Å². The van der Waals surface area contributed by atoms with Crippen LogP contribution in [0.4, 0.5) is 17.1 Å². The lowest BCUT2D eigenvalue weighted by Crippen LogP contribution is -2.31. The lowest BCUT2D eigenvalue weighted by molar-refractivity contribution is -0.120. The van der Waals surface area contributed by atoms with Gasteiger partial charge in [-0.3, -0.25) is 9.59 Å². The molecule has 2 amide bonds. The molecule has 29 heavy (non-hydrogen) atoms. The van der Waals surface area contributed by atoms with E-state index >= 15 is 0 Å². The minimum atomic E-state index is -0.00194. The summed E-state index contributed by atoms with van der Waals surface area (Å²) in [5, 5.41) is 3.02. The third-order valence-electron chi connectivity index (χ3n) is 6.08. The molecule has 0 radical (unpaired) electrons. The average Bonchev–Trinajstić information content (AvgIpc) is 2.93. The van der Waals surface area contributed by atoms with Gasteiger partial charge in [-0.1, -0.05) is 31.4 Å². The van der Waals surface area contributed by atoms with Crippen LogP contribution in [0.1, 0.15) is 48.9 Å². The van der Waals surface area contributed by atoms with Crippen LogP contribution >= 0.6 is 0 Å². The standard InChI is InChI=1S/C24H29N3O2/c1-26-16-7-17-27(22-11-6-5-10-21(22)26)24(29)19-12-14-20(15-13-19)25-23(28)18-8-3-2-4-9-18/h5-6,10-15,18H,2-4,7-9,16-17H2,1H3,(H,25,28). The number of amides is 2. The monoisotopic (exact) mass is 391 g/mol. The first kappa shape index (κ1) is 19.5. The molecule has 0 atom stereocenters. The van der Waals surface area contributed by atoms with Crippen LogP contribution < -0.4 is 15.1 Å². The van der Waals surface area contributed by atoms with Crippen molar-refractivity contribution in [2.45, 2.75) is 38.5 Å². The van der Waals surface area contributed by atoms with Crippen LogP contribution in [0.5, 0.6) is 0 Å². The summed E-state index contributed by atoms with van der Waals surface area (Å²) in [6.45, 7) is 1.62.